The fourth-order valence-electron chi connectivity index (χ4n) is 0.477. The first-order chi connectivity index (χ1) is 3.84. The number of hydrogen-bond acceptors (Lipinski definition) is 2. The topological polar surface area (TPSA) is 21.3 Å². The lowest BCUT2D eigenvalue weighted by atomic mass is 10.5. The summed E-state index contributed by atoms with van der Waals surface area (Å²) in [6.07, 6.45) is 1.71. The van der Waals surface area contributed by atoms with E-state index in [2.05, 4.69) is 27.8 Å². The van der Waals surface area contributed by atoms with Gasteiger partial charge in [0.25, 0.3) is 0 Å². The molecule has 0 aliphatic carbocycles. The van der Waals surface area contributed by atoms with Gasteiger partial charge in [-0.3, -0.25) is 0 Å². The molecule has 0 radical (unpaired) electrons. The molecule has 0 spiro atoms. The van der Waals surface area contributed by atoms with Crippen LogP contribution in [0.15, 0.2) is 23.0 Å². The molecule has 8 heavy (non-hydrogen) atoms. The van der Waals surface area contributed by atoms with Crippen LogP contribution in [0.5, 0.6) is 0 Å². The second-order valence-electron chi connectivity index (χ2n) is 1.36. The van der Waals surface area contributed by atoms with Crippen LogP contribution in [0.1, 0.15) is 0 Å². The minimum absolute atomic E-state index is 0.544. The van der Waals surface area contributed by atoms with Crippen LogP contribution in [-0.2, 0) is 4.74 Å². The molecule has 0 saturated heterocycles. The van der Waals surface area contributed by atoms with E-state index in [9.17, 15) is 0 Å². The van der Waals surface area contributed by atoms with Gasteiger partial charge in [-0.1, -0.05) is 6.58 Å². The molecular weight excluding hydrogens is 170 g/mol. The number of halogens is 1. The van der Waals surface area contributed by atoms with Crippen molar-refractivity contribution in [1.82, 2.24) is 5.32 Å². The Bertz CT molecular complexity index is 141. The van der Waals surface area contributed by atoms with E-state index in [0.717, 1.165) is 10.4 Å². The molecule has 3 heteroatoms. The highest BCUT2D eigenvalue weighted by atomic mass is 79.9. The maximum Gasteiger partial charge on any atom is 0.187 e. The Morgan fingerprint density at radius 3 is 2.88 bits per heavy atom. The van der Waals surface area contributed by atoms with Gasteiger partial charge in [0, 0.05) is 0 Å². The van der Waals surface area contributed by atoms with Gasteiger partial charge in [0.2, 0.25) is 0 Å². The van der Waals surface area contributed by atoms with Crippen LogP contribution >= 0.6 is 15.9 Å². The molecule has 0 fully saturated rings. The molecule has 0 amide bonds. The van der Waals surface area contributed by atoms with Crippen molar-refractivity contribution < 1.29 is 4.74 Å². The smallest absolute Gasteiger partial charge is 0.187 e. The summed E-state index contributed by atoms with van der Waals surface area (Å²) >= 11 is 3.19. The summed E-state index contributed by atoms with van der Waals surface area (Å²) < 4.78 is 5.71. The normalized spacial score (nSPS) is 17.6. The monoisotopic (exact) mass is 175 g/mol. The van der Waals surface area contributed by atoms with E-state index < -0.39 is 0 Å². The van der Waals surface area contributed by atoms with Gasteiger partial charge in [0.1, 0.15) is 0 Å². The summed E-state index contributed by atoms with van der Waals surface area (Å²) in [6, 6.07) is 0. The van der Waals surface area contributed by atoms with E-state index in [4.69, 9.17) is 4.74 Å². The van der Waals surface area contributed by atoms with Gasteiger partial charge in [-0.05, 0) is 22.0 Å². The predicted molar refractivity (Wildman–Crippen MR) is 35.2 cm³/mol. The molecule has 0 bridgehead atoms. The molecule has 1 N–H and O–H groups in total. The van der Waals surface area contributed by atoms with E-state index in [-0.39, 0.29) is 0 Å². The van der Waals surface area contributed by atoms with Crippen LogP contribution in [0.2, 0.25) is 0 Å². The highest BCUT2D eigenvalue weighted by molar-refractivity contribution is 9.11. The van der Waals surface area contributed by atoms with Gasteiger partial charge < -0.3 is 10.1 Å². The number of hydrogen-bond donors (Lipinski definition) is 1. The first-order valence-electron chi connectivity index (χ1n) is 2.23. The quantitative estimate of drug-likeness (QED) is 0.650. The Morgan fingerprint density at radius 2 is 2.62 bits per heavy atom. The van der Waals surface area contributed by atoms with Crippen LogP contribution in [-0.4, -0.2) is 6.73 Å². The zero-order chi connectivity index (χ0) is 5.98. The number of rotatable bonds is 1. The Morgan fingerprint density at radius 1 is 1.88 bits per heavy atom. The summed E-state index contributed by atoms with van der Waals surface area (Å²) in [4.78, 5) is 0. The SMILES string of the molecule is C=CC1=C(Br)OCN1. The van der Waals surface area contributed by atoms with Crippen molar-refractivity contribution in [2.45, 2.75) is 0 Å². The lowest BCUT2D eigenvalue weighted by molar-refractivity contribution is 0.259. The molecule has 0 aromatic carbocycles. The molecule has 2 nitrogen and oxygen atoms in total. The highest BCUT2D eigenvalue weighted by Crippen LogP contribution is 2.16. The summed E-state index contributed by atoms with van der Waals surface area (Å²) in [5.41, 5.74) is 0.921. The second-order valence-corrected chi connectivity index (χ2v) is 2.08. The van der Waals surface area contributed by atoms with Crippen LogP contribution in [0, 0.1) is 0 Å². The third-order valence-electron chi connectivity index (χ3n) is 0.877. The van der Waals surface area contributed by atoms with E-state index in [0.29, 0.717) is 6.73 Å². The highest BCUT2D eigenvalue weighted by Gasteiger charge is 2.06. The zero-order valence-corrected chi connectivity index (χ0v) is 5.86. The first kappa shape index (κ1) is 5.69. The average Bonchev–Trinajstić information content (AvgIpc) is 2.14. The molecular formula is C5H6BrNO. The van der Waals surface area contributed by atoms with Crippen LogP contribution in [0.25, 0.3) is 0 Å². The molecule has 0 unspecified atom stereocenters. The van der Waals surface area contributed by atoms with Gasteiger partial charge in [-0.2, -0.15) is 0 Å². The Hall–Kier alpha value is -0.440. The molecule has 0 aromatic rings. The molecule has 0 atom stereocenters. The lowest BCUT2D eigenvalue weighted by Gasteiger charge is -1.87. The molecule has 0 saturated carbocycles. The van der Waals surface area contributed by atoms with Crippen LogP contribution in [0.3, 0.4) is 0 Å². The van der Waals surface area contributed by atoms with Crippen LogP contribution < -0.4 is 5.32 Å². The summed E-state index contributed by atoms with van der Waals surface area (Å²) in [7, 11) is 0. The second kappa shape index (κ2) is 2.22. The zero-order valence-electron chi connectivity index (χ0n) is 4.28. The molecule has 0 aromatic heterocycles. The maximum absolute atomic E-state index is 4.97. The molecule has 1 heterocycles. The van der Waals surface area contributed by atoms with Crippen molar-refractivity contribution in [3.8, 4) is 0 Å². The Kier molecular flexibility index (Phi) is 1.58. The third kappa shape index (κ3) is 0.865. The number of nitrogens with one attached hydrogen (secondary N) is 1. The van der Waals surface area contributed by atoms with Gasteiger partial charge in [-0.15, -0.1) is 0 Å². The maximum atomic E-state index is 4.97. The first-order valence-corrected chi connectivity index (χ1v) is 3.03. The average molecular weight is 176 g/mol. The molecule has 1 rings (SSSR count). The Labute approximate surface area is 56.3 Å². The fourth-order valence-corrected chi connectivity index (χ4v) is 0.893. The van der Waals surface area contributed by atoms with Gasteiger partial charge >= 0.3 is 0 Å². The van der Waals surface area contributed by atoms with Crippen molar-refractivity contribution in [2.75, 3.05) is 6.73 Å². The predicted octanol–water partition coefficient (Wildman–Crippen LogP) is 1.31. The summed E-state index contributed by atoms with van der Waals surface area (Å²) in [5.74, 6) is 0. The van der Waals surface area contributed by atoms with Crippen molar-refractivity contribution in [2.24, 2.45) is 0 Å². The number of ether oxygens (including phenoxy) is 1. The van der Waals surface area contributed by atoms with Crippen LogP contribution in [0.4, 0.5) is 0 Å². The summed E-state index contributed by atoms with van der Waals surface area (Å²) in [6.45, 7) is 4.11. The Balaban J connectivity index is 2.72. The van der Waals surface area contributed by atoms with Crippen molar-refractivity contribution in [3.05, 3.63) is 23.0 Å². The number of allylic oxidation sites excluding steroid dienone is 1. The van der Waals surface area contributed by atoms with E-state index in [1.54, 1.807) is 6.08 Å². The van der Waals surface area contributed by atoms with Gasteiger partial charge in [0.15, 0.2) is 11.4 Å². The lowest BCUT2D eigenvalue weighted by Crippen LogP contribution is -2.05. The molecule has 1 aliphatic rings. The minimum atomic E-state index is 0.544. The molecule has 44 valence electrons. The van der Waals surface area contributed by atoms with E-state index in [1.807, 2.05) is 0 Å². The van der Waals surface area contributed by atoms with Gasteiger partial charge in [0.05, 0.1) is 5.70 Å². The van der Waals surface area contributed by atoms with Crippen molar-refractivity contribution in [1.29, 1.82) is 0 Å². The van der Waals surface area contributed by atoms with E-state index >= 15 is 0 Å². The van der Waals surface area contributed by atoms with Crippen molar-refractivity contribution >= 4 is 15.9 Å². The van der Waals surface area contributed by atoms with E-state index in [1.165, 1.54) is 0 Å². The summed E-state index contributed by atoms with van der Waals surface area (Å²) in [5, 5.41) is 2.95. The van der Waals surface area contributed by atoms with Crippen molar-refractivity contribution in [3.63, 3.8) is 0 Å². The standard InChI is InChI=1S/C5H6BrNO/c1-2-4-5(6)8-3-7-4/h2,7H,1,3H2. The fraction of sp³-hybridized carbons (Fsp3) is 0.200. The third-order valence-corrected chi connectivity index (χ3v) is 1.53. The largest absolute Gasteiger partial charge is 0.464 e. The molecule has 1 aliphatic heterocycles. The minimum Gasteiger partial charge on any atom is -0.464 e. The van der Waals surface area contributed by atoms with Gasteiger partial charge in [-0.25, -0.2) is 0 Å².